The van der Waals surface area contributed by atoms with Crippen LogP contribution in [0.1, 0.15) is 17.2 Å². The Hall–Kier alpha value is -2.73. The van der Waals surface area contributed by atoms with Crippen molar-refractivity contribution in [1.29, 1.82) is 0 Å². The number of non-ortho nitro benzene ring substituents is 1. The Balaban J connectivity index is 2.06. The zero-order chi connectivity index (χ0) is 15.4. The SMILES string of the molecule is Cc1ccc(C(N)C(=O)Nc2ccc([N+](=O)[O-])cc2)cc1. The van der Waals surface area contributed by atoms with Crippen molar-refractivity contribution in [3.63, 3.8) is 0 Å². The van der Waals surface area contributed by atoms with E-state index < -0.39 is 11.0 Å². The zero-order valence-corrected chi connectivity index (χ0v) is 11.4. The summed E-state index contributed by atoms with van der Waals surface area (Å²) in [5.74, 6) is -0.368. The second kappa shape index (κ2) is 6.15. The Kier molecular flexibility index (Phi) is 4.30. The molecule has 0 fully saturated rings. The van der Waals surface area contributed by atoms with Gasteiger partial charge >= 0.3 is 0 Å². The molecule has 1 amide bonds. The molecule has 6 heteroatoms. The quantitative estimate of drug-likeness (QED) is 0.666. The number of nitrogens with one attached hydrogen (secondary N) is 1. The van der Waals surface area contributed by atoms with Crippen molar-refractivity contribution >= 4 is 17.3 Å². The van der Waals surface area contributed by atoms with Gasteiger partial charge in [0.05, 0.1) is 4.92 Å². The second-order valence-corrected chi connectivity index (χ2v) is 4.68. The van der Waals surface area contributed by atoms with Gasteiger partial charge in [-0.1, -0.05) is 29.8 Å². The smallest absolute Gasteiger partial charge is 0.269 e. The topological polar surface area (TPSA) is 98.3 Å². The maximum absolute atomic E-state index is 12.0. The molecule has 21 heavy (non-hydrogen) atoms. The minimum absolute atomic E-state index is 0.0316. The lowest BCUT2D eigenvalue weighted by Gasteiger charge is -2.12. The summed E-state index contributed by atoms with van der Waals surface area (Å²) in [6.45, 7) is 1.95. The number of rotatable bonds is 4. The predicted octanol–water partition coefficient (Wildman–Crippen LogP) is 2.54. The highest BCUT2D eigenvalue weighted by Gasteiger charge is 2.16. The van der Waals surface area contributed by atoms with E-state index in [2.05, 4.69) is 5.32 Å². The van der Waals surface area contributed by atoms with Crippen molar-refractivity contribution < 1.29 is 9.72 Å². The van der Waals surface area contributed by atoms with E-state index in [1.165, 1.54) is 24.3 Å². The molecule has 0 spiro atoms. The van der Waals surface area contributed by atoms with Crippen LogP contribution >= 0.6 is 0 Å². The highest BCUT2D eigenvalue weighted by molar-refractivity contribution is 5.95. The molecular formula is C15H15N3O3. The van der Waals surface area contributed by atoms with Gasteiger partial charge in [-0.25, -0.2) is 0 Å². The molecule has 0 aromatic heterocycles. The summed E-state index contributed by atoms with van der Waals surface area (Å²) < 4.78 is 0. The molecular weight excluding hydrogens is 270 g/mol. The number of nitrogens with two attached hydrogens (primary N) is 1. The first-order valence-electron chi connectivity index (χ1n) is 6.35. The first-order valence-corrected chi connectivity index (χ1v) is 6.35. The number of carbonyl (C=O) groups excluding carboxylic acids is 1. The van der Waals surface area contributed by atoms with Crippen LogP contribution in [0.2, 0.25) is 0 Å². The summed E-state index contributed by atoms with van der Waals surface area (Å²) in [7, 11) is 0. The number of carbonyl (C=O) groups is 1. The fourth-order valence-corrected chi connectivity index (χ4v) is 1.81. The summed E-state index contributed by atoms with van der Waals surface area (Å²) in [4.78, 5) is 22.1. The van der Waals surface area contributed by atoms with Gasteiger partial charge < -0.3 is 11.1 Å². The maximum atomic E-state index is 12.0. The van der Waals surface area contributed by atoms with Gasteiger partial charge in [-0.2, -0.15) is 0 Å². The molecule has 0 aliphatic rings. The molecule has 0 heterocycles. The van der Waals surface area contributed by atoms with Crippen LogP contribution < -0.4 is 11.1 Å². The lowest BCUT2D eigenvalue weighted by Crippen LogP contribution is -2.27. The normalized spacial score (nSPS) is 11.7. The van der Waals surface area contributed by atoms with Crippen LogP contribution in [0.5, 0.6) is 0 Å². The third kappa shape index (κ3) is 3.64. The van der Waals surface area contributed by atoms with Crippen molar-refractivity contribution in [3.05, 3.63) is 69.8 Å². The fourth-order valence-electron chi connectivity index (χ4n) is 1.81. The van der Waals surface area contributed by atoms with Crippen LogP contribution in [0.15, 0.2) is 48.5 Å². The van der Waals surface area contributed by atoms with Gasteiger partial charge in [0.15, 0.2) is 0 Å². The van der Waals surface area contributed by atoms with E-state index in [-0.39, 0.29) is 11.6 Å². The first-order chi connectivity index (χ1) is 9.97. The number of benzene rings is 2. The van der Waals surface area contributed by atoms with Crippen LogP contribution in [-0.4, -0.2) is 10.8 Å². The van der Waals surface area contributed by atoms with Crippen molar-refractivity contribution in [3.8, 4) is 0 Å². The fraction of sp³-hybridized carbons (Fsp3) is 0.133. The zero-order valence-electron chi connectivity index (χ0n) is 11.4. The molecule has 0 aliphatic heterocycles. The van der Waals surface area contributed by atoms with Gasteiger partial charge in [0.25, 0.3) is 5.69 Å². The minimum Gasteiger partial charge on any atom is -0.324 e. The molecule has 2 aromatic carbocycles. The van der Waals surface area contributed by atoms with Gasteiger partial charge in [0.2, 0.25) is 5.91 Å². The van der Waals surface area contributed by atoms with Crippen molar-refractivity contribution in [2.45, 2.75) is 13.0 Å². The third-order valence-corrected chi connectivity index (χ3v) is 3.06. The minimum atomic E-state index is -0.791. The van der Waals surface area contributed by atoms with Crippen molar-refractivity contribution in [2.75, 3.05) is 5.32 Å². The standard InChI is InChI=1S/C15H15N3O3/c1-10-2-4-11(5-3-10)14(16)15(19)17-12-6-8-13(9-7-12)18(20)21/h2-9,14H,16H2,1H3,(H,17,19). The third-order valence-electron chi connectivity index (χ3n) is 3.06. The van der Waals surface area contributed by atoms with Crippen LogP contribution in [-0.2, 0) is 4.79 Å². The van der Waals surface area contributed by atoms with Crippen LogP contribution in [0.25, 0.3) is 0 Å². The van der Waals surface area contributed by atoms with E-state index in [0.717, 1.165) is 5.56 Å². The predicted molar refractivity (Wildman–Crippen MR) is 79.8 cm³/mol. The summed E-state index contributed by atoms with van der Waals surface area (Å²) in [6, 6.07) is 12.2. The molecule has 108 valence electrons. The Morgan fingerprint density at radius 3 is 2.24 bits per heavy atom. The molecule has 1 unspecified atom stereocenters. The largest absolute Gasteiger partial charge is 0.324 e. The average Bonchev–Trinajstić information content (AvgIpc) is 2.47. The Morgan fingerprint density at radius 2 is 1.71 bits per heavy atom. The number of aryl methyl sites for hydroxylation is 1. The van der Waals surface area contributed by atoms with E-state index in [4.69, 9.17) is 5.73 Å². The van der Waals surface area contributed by atoms with Gasteiger partial charge in [-0.15, -0.1) is 0 Å². The lowest BCUT2D eigenvalue weighted by molar-refractivity contribution is -0.384. The molecule has 3 N–H and O–H groups in total. The number of anilines is 1. The lowest BCUT2D eigenvalue weighted by atomic mass is 10.1. The molecule has 0 radical (unpaired) electrons. The molecule has 0 saturated carbocycles. The number of hydrogen-bond acceptors (Lipinski definition) is 4. The molecule has 1 atom stereocenters. The van der Waals surface area contributed by atoms with Gasteiger partial charge in [-0.05, 0) is 24.6 Å². The van der Waals surface area contributed by atoms with E-state index in [0.29, 0.717) is 11.3 Å². The highest BCUT2D eigenvalue weighted by atomic mass is 16.6. The van der Waals surface area contributed by atoms with E-state index in [9.17, 15) is 14.9 Å². The van der Waals surface area contributed by atoms with E-state index in [1.54, 1.807) is 12.1 Å². The van der Waals surface area contributed by atoms with Crippen molar-refractivity contribution in [1.82, 2.24) is 0 Å². The summed E-state index contributed by atoms with van der Waals surface area (Å²) >= 11 is 0. The summed E-state index contributed by atoms with van der Waals surface area (Å²) in [5, 5.41) is 13.2. The maximum Gasteiger partial charge on any atom is 0.269 e. The summed E-state index contributed by atoms with van der Waals surface area (Å²) in [5.41, 5.74) is 8.12. The van der Waals surface area contributed by atoms with Crippen molar-refractivity contribution in [2.24, 2.45) is 5.73 Å². The van der Waals surface area contributed by atoms with Gasteiger partial charge in [0.1, 0.15) is 6.04 Å². The number of hydrogen-bond donors (Lipinski definition) is 2. The van der Waals surface area contributed by atoms with E-state index in [1.807, 2.05) is 19.1 Å². The monoisotopic (exact) mass is 285 g/mol. The molecule has 0 aliphatic carbocycles. The highest BCUT2D eigenvalue weighted by Crippen LogP contribution is 2.18. The molecule has 0 saturated heterocycles. The number of amides is 1. The Labute approximate surface area is 121 Å². The van der Waals surface area contributed by atoms with Crippen LogP contribution in [0.4, 0.5) is 11.4 Å². The summed E-state index contributed by atoms with van der Waals surface area (Å²) in [6.07, 6.45) is 0. The first kappa shape index (κ1) is 14.7. The van der Waals surface area contributed by atoms with E-state index >= 15 is 0 Å². The Morgan fingerprint density at radius 1 is 1.14 bits per heavy atom. The molecule has 2 rings (SSSR count). The Bertz CT molecular complexity index is 651. The second-order valence-electron chi connectivity index (χ2n) is 4.68. The average molecular weight is 285 g/mol. The van der Waals surface area contributed by atoms with Crippen LogP contribution in [0, 0.1) is 17.0 Å². The number of nitrogens with zero attached hydrogens (tertiary/aromatic N) is 1. The number of nitro groups is 1. The molecule has 6 nitrogen and oxygen atoms in total. The molecule has 2 aromatic rings. The van der Waals surface area contributed by atoms with Gasteiger partial charge in [-0.3, -0.25) is 14.9 Å². The van der Waals surface area contributed by atoms with Gasteiger partial charge in [0, 0.05) is 17.8 Å². The van der Waals surface area contributed by atoms with Crippen LogP contribution in [0.3, 0.4) is 0 Å². The molecule has 0 bridgehead atoms. The number of nitro benzene ring substituents is 1.